The Morgan fingerprint density at radius 1 is 0.762 bits per heavy atom. The summed E-state index contributed by atoms with van der Waals surface area (Å²) < 4.78 is 0. The van der Waals surface area contributed by atoms with Gasteiger partial charge in [0.25, 0.3) is 0 Å². The summed E-state index contributed by atoms with van der Waals surface area (Å²) in [5.74, 6) is 0. The standard InChI is InChI=1S/C18H20N2O/c1-13-2-14-4-15(3-13)9-20-11-17-5-16(10-19-8-14)6-18(7-17)12-21/h2-7,12,19-20H,8-11H2,1H3. The molecule has 0 unspecified atom stereocenters. The third-order valence-corrected chi connectivity index (χ3v) is 3.72. The number of fused-ring (bicyclic) bond motifs is 4. The average molecular weight is 280 g/mol. The summed E-state index contributed by atoms with van der Waals surface area (Å²) in [4.78, 5) is 11.1. The van der Waals surface area contributed by atoms with Crippen LogP contribution < -0.4 is 10.6 Å². The quantitative estimate of drug-likeness (QED) is 0.789. The molecule has 0 saturated heterocycles. The van der Waals surface area contributed by atoms with Gasteiger partial charge in [-0.25, -0.2) is 0 Å². The van der Waals surface area contributed by atoms with E-state index in [0.717, 1.165) is 49.2 Å². The van der Waals surface area contributed by atoms with Crippen LogP contribution in [0.25, 0.3) is 0 Å². The van der Waals surface area contributed by atoms with E-state index in [1.807, 2.05) is 12.1 Å². The Hall–Kier alpha value is -1.97. The zero-order valence-electron chi connectivity index (χ0n) is 12.3. The molecule has 2 N–H and O–H groups in total. The minimum absolute atomic E-state index is 0.748. The van der Waals surface area contributed by atoms with Gasteiger partial charge in [0.2, 0.25) is 0 Å². The molecule has 1 aliphatic heterocycles. The van der Waals surface area contributed by atoms with E-state index in [-0.39, 0.29) is 0 Å². The first-order chi connectivity index (χ1) is 10.2. The van der Waals surface area contributed by atoms with Gasteiger partial charge in [0.15, 0.2) is 0 Å². The smallest absolute Gasteiger partial charge is 0.150 e. The van der Waals surface area contributed by atoms with Gasteiger partial charge in [-0.05, 0) is 41.3 Å². The Labute approximate surface area is 125 Å². The van der Waals surface area contributed by atoms with E-state index in [1.54, 1.807) is 0 Å². The minimum atomic E-state index is 0.748. The number of carbonyl (C=O) groups is 1. The summed E-state index contributed by atoms with van der Waals surface area (Å²) in [7, 11) is 0. The lowest BCUT2D eigenvalue weighted by atomic mass is 10.0. The van der Waals surface area contributed by atoms with Crippen molar-refractivity contribution in [1.29, 1.82) is 0 Å². The summed E-state index contributed by atoms with van der Waals surface area (Å²) in [6, 6.07) is 12.8. The zero-order chi connectivity index (χ0) is 14.7. The van der Waals surface area contributed by atoms with Crippen LogP contribution in [0.15, 0.2) is 36.4 Å². The molecule has 108 valence electrons. The number of nitrogens with one attached hydrogen (secondary N) is 2. The molecule has 4 bridgehead atoms. The SMILES string of the molecule is Cc1cc2cc(c1)CNCc1cc(C=O)cc(c1)CNC2. The predicted molar refractivity (Wildman–Crippen MR) is 84.1 cm³/mol. The molecule has 1 aliphatic rings. The summed E-state index contributed by atoms with van der Waals surface area (Å²) in [5, 5.41) is 6.93. The van der Waals surface area contributed by atoms with Crippen LogP contribution in [0.3, 0.4) is 0 Å². The Morgan fingerprint density at radius 3 is 1.62 bits per heavy atom. The summed E-state index contributed by atoms with van der Waals surface area (Å²) in [5.41, 5.74) is 6.97. The van der Waals surface area contributed by atoms with Crippen molar-refractivity contribution < 1.29 is 4.79 Å². The monoisotopic (exact) mass is 280 g/mol. The van der Waals surface area contributed by atoms with Crippen LogP contribution >= 0.6 is 0 Å². The number of benzene rings is 2. The normalized spacial score (nSPS) is 14.9. The van der Waals surface area contributed by atoms with Crippen LogP contribution in [0.4, 0.5) is 0 Å². The lowest BCUT2D eigenvalue weighted by Crippen LogP contribution is -2.17. The second-order valence-electron chi connectivity index (χ2n) is 5.73. The molecule has 0 fully saturated rings. The molecule has 2 aromatic carbocycles. The molecule has 0 aliphatic carbocycles. The zero-order valence-corrected chi connectivity index (χ0v) is 12.3. The van der Waals surface area contributed by atoms with E-state index >= 15 is 0 Å². The molecule has 21 heavy (non-hydrogen) atoms. The van der Waals surface area contributed by atoms with Gasteiger partial charge in [0, 0.05) is 31.7 Å². The first-order valence-corrected chi connectivity index (χ1v) is 7.32. The van der Waals surface area contributed by atoms with E-state index < -0.39 is 0 Å². The van der Waals surface area contributed by atoms with E-state index in [9.17, 15) is 4.79 Å². The fraction of sp³-hybridized carbons (Fsp3) is 0.278. The van der Waals surface area contributed by atoms with Crippen LogP contribution in [0, 0.1) is 6.92 Å². The van der Waals surface area contributed by atoms with Crippen LogP contribution in [-0.4, -0.2) is 6.29 Å². The van der Waals surface area contributed by atoms with E-state index in [0.29, 0.717) is 0 Å². The molecule has 0 spiro atoms. The molecule has 0 atom stereocenters. The molecule has 0 amide bonds. The van der Waals surface area contributed by atoms with Crippen molar-refractivity contribution in [1.82, 2.24) is 10.6 Å². The van der Waals surface area contributed by atoms with Crippen molar-refractivity contribution in [2.45, 2.75) is 33.1 Å². The summed E-state index contributed by atoms with van der Waals surface area (Å²) >= 11 is 0. The first-order valence-electron chi connectivity index (χ1n) is 7.32. The summed E-state index contributed by atoms with van der Waals surface area (Å²) in [6.45, 7) is 5.37. The third kappa shape index (κ3) is 3.57. The van der Waals surface area contributed by atoms with Gasteiger partial charge in [-0.15, -0.1) is 0 Å². The molecular weight excluding hydrogens is 260 g/mol. The van der Waals surface area contributed by atoms with Crippen LogP contribution in [0.2, 0.25) is 0 Å². The van der Waals surface area contributed by atoms with Gasteiger partial charge in [0.05, 0.1) is 0 Å². The first kappa shape index (κ1) is 14.0. The Morgan fingerprint density at radius 2 is 1.19 bits per heavy atom. The molecule has 3 rings (SSSR count). The highest BCUT2D eigenvalue weighted by Crippen LogP contribution is 2.14. The van der Waals surface area contributed by atoms with Crippen molar-refractivity contribution in [3.05, 3.63) is 69.8 Å². The van der Waals surface area contributed by atoms with Gasteiger partial charge >= 0.3 is 0 Å². The van der Waals surface area contributed by atoms with Crippen molar-refractivity contribution in [3.8, 4) is 0 Å². The third-order valence-electron chi connectivity index (χ3n) is 3.72. The molecule has 3 nitrogen and oxygen atoms in total. The Kier molecular flexibility index (Phi) is 4.13. The van der Waals surface area contributed by atoms with Crippen molar-refractivity contribution in [2.75, 3.05) is 0 Å². The van der Waals surface area contributed by atoms with Gasteiger partial charge in [-0.1, -0.05) is 29.8 Å². The number of aldehydes is 1. The molecule has 1 heterocycles. The molecule has 0 aromatic heterocycles. The van der Waals surface area contributed by atoms with Gasteiger partial charge in [0.1, 0.15) is 6.29 Å². The average Bonchev–Trinajstić information content (AvgIpc) is 2.45. The maximum atomic E-state index is 11.1. The van der Waals surface area contributed by atoms with E-state index in [1.165, 1.54) is 16.7 Å². The van der Waals surface area contributed by atoms with E-state index in [2.05, 4.69) is 41.8 Å². The van der Waals surface area contributed by atoms with Crippen LogP contribution in [0.1, 0.15) is 38.2 Å². The molecule has 3 heteroatoms. The highest BCUT2D eigenvalue weighted by atomic mass is 16.1. The number of rotatable bonds is 1. The largest absolute Gasteiger partial charge is 0.309 e. The fourth-order valence-corrected chi connectivity index (χ4v) is 2.92. The maximum Gasteiger partial charge on any atom is 0.150 e. The highest BCUT2D eigenvalue weighted by Gasteiger charge is 2.05. The lowest BCUT2D eigenvalue weighted by Gasteiger charge is -2.14. The van der Waals surface area contributed by atoms with Gasteiger partial charge in [-0.3, -0.25) is 4.79 Å². The van der Waals surface area contributed by atoms with Crippen molar-refractivity contribution in [3.63, 3.8) is 0 Å². The molecule has 0 radical (unpaired) electrons. The van der Waals surface area contributed by atoms with Gasteiger partial charge < -0.3 is 10.6 Å². The maximum absolute atomic E-state index is 11.1. The predicted octanol–water partition coefficient (Wildman–Crippen LogP) is 2.70. The van der Waals surface area contributed by atoms with Gasteiger partial charge in [-0.2, -0.15) is 0 Å². The van der Waals surface area contributed by atoms with E-state index in [4.69, 9.17) is 0 Å². The van der Waals surface area contributed by atoms with Crippen molar-refractivity contribution in [2.24, 2.45) is 0 Å². The summed E-state index contributed by atoms with van der Waals surface area (Å²) in [6.07, 6.45) is 0.921. The Balaban J connectivity index is 1.89. The Bertz CT molecular complexity index is 618. The van der Waals surface area contributed by atoms with Crippen LogP contribution in [-0.2, 0) is 26.2 Å². The number of hydrogen-bond donors (Lipinski definition) is 2. The molecule has 2 aromatic rings. The van der Waals surface area contributed by atoms with Crippen molar-refractivity contribution >= 4 is 6.29 Å². The number of aryl methyl sites for hydroxylation is 1. The minimum Gasteiger partial charge on any atom is -0.309 e. The second-order valence-corrected chi connectivity index (χ2v) is 5.73. The highest BCUT2D eigenvalue weighted by molar-refractivity contribution is 5.75. The molecular formula is C18H20N2O. The number of hydrogen-bond acceptors (Lipinski definition) is 3. The number of carbonyl (C=O) groups excluding carboxylic acids is 1. The van der Waals surface area contributed by atoms with Crippen LogP contribution in [0.5, 0.6) is 0 Å². The lowest BCUT2D eigenvalue weighted by molar-refractivity contribution is 0.112. The topological polar surface area (TPSA) is 41.1 Å². The fourth-order valence-electron chi connectivity index (χ4n) is 2.92. The second kappa shape index (κ2) is 6.20. The molecule has 0 saturated carbocycles.